The fraction of sp³-hybridized carbons (Fsp3) is 0.333. The lowest BCUT2D eigenvalue weighted by molar-refractivity contribution is 0.373. The highest BCUT2D eigenvalue weighted by Gasteiger charge is 2.38. The molecule has 3 rings (SSSR count). The van der Waals surface area contributed by atoms with Crippen molar-refractivity contribution in [2.24, 2.45) is 0 Å². The molecule has 2 aromatic carbocycles. The standard InChI is InChI=1S/C21H26N2O3S/c1-4-20(22-17-9-11-18(26-3)12-10-17)21-6-5-15-23(21)27(24,25)19-13-7-16(2)8-14-19/h4,7-14,20-22H,1,5-6,15H2,2-3H3/t20-,21+/m1/s1. The van der Waals surface area contributed by atoms with Gasteiger partial charge in [-0.3, -0.25) is 0 Å². The summed E-state index contributed by atoms with van der Waals surface area (Å²) in [5, 5.41) is 3.40. The van der Waals surface area contributed by atoms with E-state index in [-0.39, 0.29) is 12.1 Å². The van der Waals surface area contributed by atoms with Crippen LogP contribution < -0.4 is 10.1 Å². The maximum atomic E-state index is 13.2. The van der Waals surface area contributed by atoms with Crippen LogP contribution in [0.5, 0.6) is 5.75 Å². The van der Waals surface area contributed by atoms with Crippen molar-refractivity contribution in [3.63, 3.8) is 0 Å². The van der Waals surface area contributed by atoms with Gasteiger partial charge in [0.1, 0.15) is 5.75 Å². The predicted octanol–water partition coefficient (Wildman–Crippen LogP) is 3.82. The van der Waals surface area contributed by atoms with Crippen LogP contribution in [0.2, 0.25) is 0 Å². The number of hydrogen-bond acceptors (Lipinski definition) is 4. The van der Waals surface area contributed by atoms with Gasteiger partial charge < -0.3 is 10.1 Å². The molecule has 0 amide bonds. The van der Waals surface area contributed by atoms with Crippen molar-refractivity contribution in [1.82, 2.24) is 4.31 Å². The van der Waals surface area contributed by atoms with E-state index in [2.05, 4.69) is 11.9 Å². The van der Waals surface area contributed by atoms with Crippen molar-refractivity contribution in [3.05, 3.63) is 66.7 Å². The fourth-order valence-corrected chi connectivity index (χ4v) is 5.17. The molecule has 0 saturated carbocycles. The Balaban J connectivity index is 1.82. The number of nitrogens with one attached hydrogen (secondary N) is 1. The summed E-state index contributed by atoms with van der Waals surface area (Å²) >= 11 is 0. The molecule has 1 saturated heterocycles. The molecule has 1 fully saturated rings. The molecule has 1 aliphatic rings. The Morgan fingerprint density at radius 1 is 1.19 bits per heavy atom. The van der Waals surface area contributed by atoms with Crippen LogP contribution in [0.4, 0.5) is 5.69 Å². The number of ether oxygens (including phenoxy) is 1. The van der Waals surface area contributed by atoms with Crippen LogP contribution in [0, 0.1) is 6.92 Å². The third kappa shape index (κ3) is 4.17. The molecular weight excluding hydrogens is 360 g/mol. The highest BCUT2D eigenvalue weighted by atomic mass is 32.2. The van der Waals surface area contributed by atoms with Crippen LogP contribution in [-0.4, -0.2) is 38.5 Å². The Labute approximate surface area is 161 Å². The number of hydrogen-bond donors (Lipinski definition) is 1. The van der Waals surface area contributed by atoms with Crippen LogP contribution in [0.15, 0.2) is 66.1 Å². The van der Waals surface area contributed by atoms with Crippen molar-refractivity contribution in [2.75, 3.05) is 19.0 Å². The Morgan fingerprint density at radius 2 is 1.85 bits per heavy atom. The van der Waals surface area contributed by atoms with E-state index in [0.717, 1.165) is 29.8 Å². The van der Waals surface area contributed by atoms with Crippen LogP contribution in [0.25, 0.3) is 0 Å². The number of anilines is 1. The number of benzene rings is 2. The van der Waals surface area contributed by atoms with E-state index < -0.39 is 10.0 Å². The molecule has 0 aliphatic carbocycles. The normalized spacial score (nSPS) is 18.8. The summed E-state index contributed by atoms with van der Waals surface area (Å²) in [6.45, 7) is 6.40. The SMILES string of the molecule is C=C[C@@H](Nc1ccc(OC)cc1)[C@@H]1CCCN1S(=O)(=O)c1ccc(C)cc1. The first kappa shape index (κ1) is 19.5. The van der Waals surface area contributed by atoms with Gasteiger partial charge >= 0.3 is 0 Å². The molecule has 2 atom stereocenters. The van der Waals surface area contributed by atoms with Crippen molar-refractivity contribution in [2.45, 2.75) is 36.7 Å². The van der Waals surface area contributed by atoms with E-state index in [1.54, 1.807) is 29.6 Å². The average Bonchev–Trinajstić information content (AvgIpc) is 3.17. The summed E-state index contributed by atoms with van der Waals surface area (Å²) < 4.78 is 33.1. The lowest BCUT2D eigenvalue weighted by Crippen LogP contribution is -2.45. The van der Waals surface area contributed by atoms with Crippen LogP contribution in [0.1, 0.15) is 18.4 Å². The molecule has 0 unspecified atom stereocenters. The molecule has 0 aromatic heterocycles. The number of methoxy groups -OCH3 is 1. The number of nitrogens with zero attached hydrogens (tertiary/aromatic N) is 1. The third-order valence-corrected chi connectivity index (χ3v) is 6.91. The Hall–Kier alpha value is -2.31. The van der Waals surface area contributed by atoms with Crippen molar-refractivity contribution < 1.29 is 13.2 Å². The van der Waals surface area contributed by atoms with Gasteiger partial charge in [-0.1, -0.05) is 23.8 Å². The predicted molar refractivity (Wildman–Crippen MR) is 109 cm³/mol. The molecule has 1 N–H and O–H groups in total. The minimum absolute atomic E-state index is 0.170. The molecule has 2 aromatic rings. The van der Waals surface area contributed by atoms with Gasteiger partial charge in [-0.05, 0) is 56.2 Å². The van der Waals surface area contributed by atoms with Gasteiger partial charge in [0.15, 0.2) is 0 Å². The molecular formula is C21H26N2O3S. The molecule has 6 heteroatoms. The van der Waals surface area contributed by atoms with E-state index in [0.29, 0.717) is 11.4 Å². The minimum Gasteiger partial charge on any atom is -0.497 e. The highest BCUT2D eigenvalue weighted by molar-refractivity contribution is 7.89. The van der Waals surface area contributed by atoms with E-state index in [9.17, 15) is 8.42 Å². The van der Waals surface area contributed by atoms with Crippen LogP contribution in [-0.2, 0) is 10.0 Å². The molecule has 27 heavy (non-hydrogen) atoms. The zero-order valence-corrected chi connectivity index (χ0v) is 16.6. The maximum absolute atomic E-state index is 13.2. The second-order valence-electron chi connectivity index (χ2n) is 6.77. The monoisotopic (exact) mass is 386 g/mol. The Morgan fingerprint density at radius 3 is 2.44 bits per heavy atom. The van der Waals surface area contributed by atoms with Crippen molar-refractivity contribution in [1.29, 1.82) is 0 Å². The molecule has 0 radical (unpaired) electrons. The van der Waals surface area contributed by atoms with Crippen LogP contribution in [0.3, 0.4) is 0 Å². The van der Waals surface area contributed by atoms with E-state index in [1.807, 2.05) is 43.3 Å². The van der Waals surface area contributed by atoms with Gasteiger partial charge in [0, 0.05) is 18.3 Å². The molecule has 5 nitrogen and oxygen atoms in total. The number of aryl methyl sites for hydroxylation is 1. The highest BCUT2D eigenvalue weighted by Crippen LogP contribution is 2.30. The smallest absolute Gasteiger partial charge is 0.243 e. The lowest BCUT2D eigenvalue weighted by Gasteiger charge is -2.30. The molecule has 1 heterocycles. The molecule has 0 spiro atoms. The minimum atomic E-state index is -3.54. The number of rotatable bonds is 7. The Bertz CT molecular complexity index is 877. The first-order valence-corrected chi connectivity index (χ1v) is 10.5. The summed E-state index contributed by atoms with van der Waals surface area (Å²) in [6, 6.07) is 14.3. The quantitative estimate of drug-likeness (QED) is 0.735. The summed E-state index contributed by atoms with van der Waals surface area (Å²) in [5.41, 5.74) is 1.94. The zero-order chi connectivity index (χ0) is 19.4. The summed E-state index contributed by atoms with van der Waals surface area (Å²) in [7, 11) is -1.91. The Kier molecular flexibility index (Phi) is 5.87. The van der Waals surface area contributed by atoms with Gasteiger partial charge in [0.05, 0.1) is 18.0 Å². The van der Waals surface area contributed by atoms with Crippen molar-refractivity contribution >= 4 is 15.7 Å². The van der Waals surface area contributed by atoms with Crippen LogP contribution >= 0.6 is 0 Å². The van der Waals surface area contributed by atoms with E-state index >= 15 is 0 Å². The lowest BCUT2D eigenvalue weighted by atomic mass is 10.1. The summed E-state index contributed by atoms with van der Waals surface area (Å²) in [4.78, 5) is 0.340. The summed E-state index contributed by atoms with van der Waals surface area (Å²) in [6.07, 6.45) is 3.42. The second kappa shape index (κ2) is 8.15. The average molecular weight is 387 g/mol. The molecule has 1 aliphatic heterocycles. The van der Waals surface area contributed by atoms with Gasteiger partial charge in [-0.2, -0.15) is 4.31 Å². The zero-order valence-electron chi connectivity index (χ0n) is 15.8. The van der Waals surface area contributed by atoms with E-state index in [1.165, 1.54) is 0 Å². The fourth-order valence-electron chi connectivity index (χ4n) is 3.46. The first-order valence-electron chi connectivity index (χ1n) is 9.07. The van der Waals surface area contributed by atoms with Gasteiger partial charge in [0.25, 0.3) is 0 Å². The van der Waals surface area contributed by atoms with Gasteiger partial charge in [0.2, 0.25) is 10.0 Å². The van der Waals surface area contributed by atoms with E-state index in [4.69, 9.17) is 4.74 Å². The second-order valence-corrected chi connectivity index (χ2v) is 8.66. The van der Waals surface area contributed by atoms with Gasteiger partial charge in [-0.15, -0.1) is 6.58 Å². The summed E-state index contributed by atoms with van der Waals surface area (Å²) in [5.74, 6) is 0.778. The third-order valence-electron chi connectivity index (χ3n) is 4.97. The maximum Gasteiger partial charge on any atom is 0.243 e. The van der Waals surface area contributed by atoms with Gasteiger partial charge in [-0.25, -0.2) is 8.42 Å². The largest absolute Gasteiger partial charge is 0.497 e. The molecule has 144 valence electrons. The first-order chi connectivity index (χ1) is 13.0. The number of sulfonamides is 1. The van der Waals surface area contributed by atoms with Crippen molar-refractivity contribution in [3.8, 4) is 5.75 Å². The topological polar surface area (TPSA) is 58.6 Å². The molecule has 0 bridgehead atoms.